The SMILES string of the molecule is COc1ncc(C2(O)CCC(N3CC(NC(=O)CNC(=O)c4cccc(C(F)(F)F)c4)C3)CC2)s1.Cc1ncc(C2(O)CCC(N3CC(NC(=O)CNC(=O)c4cccc(C(F)(F)F)c4)C3)CC2)s1.Nc1ncc(C2(O)CCC(N3CC(NC(=O)CNC(=O)c4cccc(C(F)(F)F)c4)C3)CC2)s1.O=C(CNC(=O)c1cccc(C(F)(F)F)c1)NC1CN(C2CCC(O)(c3cnc(N4CCCC4)s3)CC2)C1. The Balaban J connectivity index is 0.000000150. The molecule has 9 fully saturated rings. The molecule has 5 aliphatic heterocycles. The van der Waals surface area contributed by atoms with Crippen molar-refractivity contribution in [2.24, 2.45) is 0 Å². The molecule has 0 radical (unpaired) electrons. The Morgan fingerprint density at radius 3 is 0.901 bits per heavy atom. The van der Waals surface area contributed by atoms with E-state index in [0.29, 0.717) is 138 Å². The molecule has 8 aromatic rings. The topological polar surface area (TPSA) is 417 Å². The van der Waals surface area contributed by atoms with Crippen molar-refractivity contribution in [2.75, 3.05) is 109 Å². The van der Waals surface area contributed by atoms with E-state index < -0.39 is 105 Å². The molecular formula is C94H112F12N18O13S4. The Morgan fingerprint density at radius 2 is 0.645 bits per heavy atom. The first-order chi connectivity index (χ1) is 66.7. The largest absolute Gasteiger partial charge is 0.473 e. The maximum atomic E-state index is 12.9. The van der Waals surface area contributed by atoms with Crippen molar-refractivity contribution in [3.8, 4) is 5.19 Å². The third-order valence-electron chi connectivity index (χ3n) is 27.2. The second kappa shape index (κ2) is 45.1. The molecule has 0 atom stereocenters. The molecule has 0 bridgehead atoms. The first-order valence-corrected chi connectivity index (χ1v) is 49.7. The highest BCUT2D eigenvalue weighted by atomic mass is 32.1. The minimum Gasteiger partial charge on any atom is -0.473 e. The number of nitrogens with two attached hydrogens (primary N) is 1. The number of anilines is 2. The highest BCUT2D eigenvalue weighted by molar-refractivity contribution is 7.16. The predicted molar refractivity (Wildman–Crippen MR) is 499 cm³/mol. The number of carbonyl (C=O) groups is 8. The summed E-state index contributed by atoms with van der Waals surface area (Å²) < 4.78 is 159. The summed E-state index contributed by atoms with van der Waals surface area (Å²) in [4.78, 5) is 129. The van der Waals surface area contributed by atoms with Crippen molar-refractivity contribution in [2.45, 2.75) is 218 Å². The lowest BCUT2D eigenvalue weighted by Crippen LogP contribution is -2.63. The molecular weight excluding hydrogens is 1950 g/mol. The first-order valence-electron chi connectivity index (χ1n) is 46.5. The molecule has 31 nitrogen and oxygen atoms in total. The van der Waals surface area contributed by atoms with Crippen molar-refractivity contribution in [1.29, 1.82) is 0 Å². The molecule has 4 aromatic carbocycles. The van der Waals surface area contributed by atoms with E-state index in [1.807, 2.05) is 13.1 Å². The standard InChI is InChI=1S/C26H32F3N5O3S.C23H27F3N4O4S.C23H27F3N4O3S.C22H26F3N5O3S/c27-26(28,29)18-5-3-4-17(12-18)23(36)30-14-22(35)32-19-15-34(16-19)20-6-8-25(37,9-7-20)21-13-31-24(38-21)33-10-1-2-11-33;1-34-21-28-10-18(35-21)22(33)7-5-17(6-8-22)30-12-16(13-30)29-19(31)11-27-20(32)14-3-2-4-15(9-14)23(24,25)26;1-14-27-10-19(34-14)22(33)7-5-18(6-8-22)30-12-17(13-30)29-20(31)11-28-21(32)15-3-2-4-16(9-15)23(24,25)26;23-22(24,25)14-3-1-2-13(8-14)19(32)27-10-18(31)29-15-11-30(12-15)16-4-6-21(33,7-5-16)17-9-28-20(26)34-17/h3-5,12-13,19-20,37H,1-2,6-11,14-16H2,(H,30,36)(H,32,35);2-4,9-10,16-17,33H,5-8,11-13H2,1H3,(H,27,32)(H,29,31);2-4,9-10,17-18,33H,5-8,11-13H2,1H3,(H,28,32)(H,29,31);1-3,8-9,15-16,33H,4-7,10-12H2,(H2,26,28)(H,27,32)(H,29,31). The van der Waals surface area contributed by atoms with Crippen LogP contribution in [0.2, 0.25) is 0 Å². The molecule has 764 valence electrons. The molecule has 4 aliphatic carbocycles. The van der Waals surface area contributed by atoms with Crippen LogP contribution >= 0.6 is 45.3 Å². The zero-order chi connectivity index (χ0) is 101. The van der Waals surface area contributed by atoms with Gasteiger partial charge in [-0.2, -0.15) is 52.7 Å². The van der Waals surface area contributed by atoms with E-state index in [0.717, 1.165) is 167 Å². The summed E-state index contributed by atoms with van der Waals surface area (Å²) in [6, 6.07) is 17.4. The van der Waals surface area contributed by atoms with Gasteiger partial charge in [0.05, 0.1) is 104 Å². The number of nitrogen functional groups attached to an aromatic ring is 1. The van der Waals surface area contributed by atoms with E-state index in [9.17, 15) is 111 Å². The van der Waals surface area contributed by atoms with Gasteiger partial charge in [-0.15, -0.1) is 11.3 Å². The van der Waals surface area contributed by atoms with Gasteiger partial charge >= 0.3 is 24.7 Å². The Kier molecular flexibility index (Phi) is 34.0. The van der Waals surface area contributed by atoms with Crippen molar-refractivity contribution in [1.82, 2.24) is 82.1 Å². The molecule has 0 unspecified atom stereocenters. The summed E-state index contributed by atoms with van der Waals surface area (Å²) in [6.45, 7) is 8.17. The summed E-state index contributed by atoms with van der Waals surface area (Å²) in [6.07, 6.45) is 3.03. The number of aromatic nitrogens is 4. The molecule has 141 heavy (non-hydrogen) atoms. The summed E-state index contributed by atoms with van der Waals surface area (Å²) in [7, 11) is 1.55. The number of hydrogen-bond acceptors (Lipinski definition) is 27. The van der Waals surface area contributed by atoms with Crippen LogP contribution in [0.4, 0.5) is 62.9 Å². The van der Waals surface area contributed by atoms with Gasteiger partial charge in [0, 0.05) is 137 Å². The monoisotopic (exact) mass is 2060 g/mol. The van der Waals surface area contributed by atoms with Gasteiger partial charge in [0.25, 0.3) is 28.8 Å². The van der Waals surface area contributed by atoms with Gasteiger partial charge in [0.15, 0.2) is 10.3 Å². The highest BCUT2D eigenvalue weighted by Crippen LogP contribution is 2.48. The van der Waals surface area contributed by atoms with Crippen LogP contribution in [0.15, 0.2) is 122 Å². The van der Waals surface area contributed by atoms with Gasteiger partial charge in [0.2, 0.25) is 23.6 Å². The zero-order valence-corrected chi connectivity index (χ0v) is 80.3. The number of thiazole rings is 4. The lowest BCUT2D eigenvalue weighted by molar-refractivity contribution is -0.138. The average Bonchev–Trinajstić information content (AvgIpc) is 1.76. The summed E-state index contributed by atoms with van der Waals surface area (Å²) >= 11 is 5.81. The van der Waals surface area contributed by atoms with Crippen LogP contribution in [-0.2, 0) is 66.3 Å². The number of likely N-dealkylation sites (tertiary alicyclic amines) is 4. The van der Waals surface area contributed by atoms with Gasteiger partial charge < -0.3 is 78.3 Å². The molecule has 0 spiro atoms. The number of hydrogen-bond donors (Lipinski definition) is 13. The van der Waals surface area contributed by atoms with Crippen LogP contribution in [0.3, 0.4) is 0 Å². The van der Waals surface area contributed by atoms with E-state index in [1.165, 1.54) is 71.1 Å². The number of halogens is 12. The van der Waals surface area contributed by atoms with Gasteiger partial charge in [-0.05, 0) is 195 Å². The zero-order valence-electron chi connectivity index (χ0n) is 77.0. The summed E-state index contributed by atoms with van der Waals surface area (Å²) in [5.41, 5.74) is -2.01. The number of benzene rings is 4. The second-order valence-corrected chi connectivity index (χ2v) is 41.5. The third-order valence-corrected chi connectivity index (χ3v) is 31.8. The molecule has 17 rings (SSSR count). The van der Waals surface area contributed by atoms with Crippen LogP contribution in [0.5, 0.6) is 5.19 Å². The Bertz CT molecular complexity index is 5500. The third kappa shape index (κ3) is 27.9. The fourth-order valence-electron chi connectivity index (χ4n) is 19.1. The van der Waals surface area contributed by atoms with E-state index in [2.05, 4.69) is 87.0 Å². The van der Waals surface area contributed by atoms with Crippen molar-refractivity contribution < 1.29 is 116 Å². The number of aryl methyl sites for hydroxylation is 1. The molecule has 4 aromatic heterocycles. The molecule has 4 saturated carbocycles. The maximum Gasteiger partial charge on any atom is 0.416 e. The number of alkyl halides is 12. The second-order valence-electron chi connectivity index (χ2n) is 37.2. The minimum absolute atomic E-state index is 0.0390. The number of methoxy groups -OCH3 is 1. The van der Waals surface area contributed by atoms with E-state index in [1.54, 1.807) is 37.0 Å². The number of amides is 8. The van der Waals surface area contributed by atoms with Crippen LogP contribution < -0.4 is 57.9 Å². The Morgan fingerprint density at radius 1 is 0.383 bits per heavy atom. The van der Waals surface area contributed by atoms with Crippen LogP contribution in [0.25, 0.3) is 0 Å². The van der Waals surface area contributed by atoms with Crippen LogP contribution in [0, 0.1) is 6.92 Å². The Labute approximate surface area is 820 Å². The van der Waals surface area contributed by atoms with Crippen LogP contribution in [0.1, 0.15) is 204 Å². The number of rotatable bonds is 26. The fourth-order valence-corrected chi connectivity index (χ4v) is 22.8. The van der Waals surface area contributed by atoms with Crippen LogP contribution in [-0.4, -0.2) is 254 Å². The van der Waals surface area contributed by atoms with Crippen molar-refractivity contribution >= 4 is 103 Å². The lowest BCUT2D eigenvalue weighted by Gasteiger charge is -2.48. The Hall–Kier alpha value is -10.6. The normalized spacial score (nSPS) is 24.0. The average molecular weight is 2060 g/mol. The first kappa shape index (κ1) is 106. The molecule has 47 heteroatoms. The fraction of sp³-hybridized carbons (Fsp3) is 0.532. The molecule has 9 aliphatic rings. The van der Waals surface area contributed by atoms with Crippen molar-refractivity contribution in [3.05, 3.63) is 191 Å². The van der Waals surface area contributed by atoms with Gasteiger partial charge in [-0.3, -0.25) is 58.0 Å². The lowest BCUT2D eigenvalue weighted by atomic mass is 9.80. The van der Waals surface area contributed by atoms with E-state index in [-0.39, 0.29) is 84.4 Å². The predicted octanol–water partition coefficient (Wildman–Crippen LogP) is 10.6. The molecule has 5 saturated heterocycles. The molecule has 8 amide bonds. The number of nitrogens with zero attached hydrogens (tertiary/aromatic N) is 9. The summed E-state index contributed by atoms with van der Waals surface area (Å²) in [5, 5.41) is 67.9. The number of ether oxygens (including phenoxy) is 1. The van der Waals surface area contributed by atoms with E-state index >= 15 is 0 Å². The smallest absolute Gasteiger partial charge is 0.416 e. The molecule has 14 N–H and O–H groups in total. The number of aliphatic hydroxyl groups is 4. The number of carbonyl (C=O) groups excluding carboxylic acids is 8. The van der Waals surface area contributed by atoms with Gasteiger partial charge in [-0.25, -0.2) is 19.9 Å². The van der Waals surface area contributed by atoms with Gasteiger partial charge in [-0.1, -0.05) is 58.3 Å². The summed E-state index contributed by atoms with van der Waals surface area (Å²) in [5.74, 6) is -4.51. The molecule has 9 heterocycles. The number of nitrogens with one attached hydrogen (secondary N) is 8. The highest BCUT2D eigenvalue weighted by Gasteiger charge is 2.48. The maximum absolute atomic E-state index is 12.9. The van der Waals surface area contributed by atoms with E-state index in [4.69, 9.17) is 10.5 Å². The van der Waals surface area contributed by atoms with Crippen molar-refractivity contribution in [3.63, 3.8) is 0 Å². The minimum atomic E-state index is -4.55. The van der Waals surface area contributed by atoms with Gasteiger partial charge in [0.1, 0.15) is 22.4 Å². The quantitative estimate of drug-likeness (QED) is 0.0224.